The first-order valence-corrected chi connectivity index (χ1v) is 12.1. The Morgan fingerprint density at radius 3 is 2.66 bits per heavy atom. The molecule has 38 heavy (non-hydrogen) atoms. The summed E-state index contributed by atoms with van der Waals surface area (Å²) in [6.45, 7) is 0.752. The standard InChI is InChI=1S/C27H23F2N5O4/c1-30-19-7-18(28)23(29)21-14(19)6-20-22(21)24(34-4-3-13(35)10-34)16(9-31-20)12-5-15-25(36)17(27(37)38)11-33(2)26(15)32-8-12/h5,7-9,11,13,30,35H,3-4,6,10H2,1-2H3,(H,37,38)/t13-/m0/s1. The number of aliphatic hydroxyl groups excluding tert-OH is 1. The summed E-state index contributed by atoms with van der Waals surface area (Å²) in [6.07, 6.45) is 4.56. The van der Waals surface area contributed by atoms with E-state index >= 15 is 4.39 Å². The lowest BCUT2D eigenvalue weighted by Crippen LogP contribution is -2.23. The van der Waals surface area contributed by atoms with Crippen molar-refractivity contribution in [2.45, 2.75) is 18.9 Å². The molecule has 4 aromatic rings. The molecule has 9 nitrogen and oxygen atoms in total. The van der Waals surface area contributed by atoms with Crippen LogP contribution in [-0.4, -0.2) is 57.0 Å². The van der Waals surface area contributed by atoms with E-state index in [0.717, 1.165) is 6.07 Å². The Morgan fingerprint density at radius 1 is 1.18 bits per heavy atom. The monoisotopic (exact) mass is 519 g/mol. The number of benzene rings is 1. The van der Waals surface area contributed by atoms with E-state index in [-0.39, 0.29) is 23.1 Å². The van der Waals surface area contributed by atoms with Gasteiger partial charge in [0.05, 0.1) is 22.9 Å². The van der Waals surface area contributed by atoms with Gasteiger partial charge in [-0.05, 0) is 18.1 Å². The van der Waals surface area contributed by atoms with E-state index in [1.807, 2.05) is 4.90 Å². The number of hydrogen-bond donors (Lipinski definition) is 3. The Labute approximate surface area is 215 Å². The number of anilines is 2. The average molecular weight is 520 g/mol. The largest absolute Gasteiger partial charge is 0.477 e. The first-order valence-electron chi connectivity index (χ1n) is 12.1. The number of carboxylic acid groups (broad SMARTS) is 1. The summed E-state index contributed by atoms with van der Waals surface area (Å²) in [5.74, 6) is -3.32. The molecule has 0 spiro atoms. The van der Waals surface area contributed by atoms with Gasteiger partial charge < -0.3 is 25.0 Å². The molecule has 1 aliphatic heterocycles. The Kier molecular flexibility index (Phi) is 5.42. The molecule has 0 bridgehead atoms. The van der Waals surface area contributed by atoms with E-state index in [1.165, 1.54) is 10.8 Å². The molecule has 0 unspecified atom stereocenters. The fourth-order valence-electron chi connectivity index (χ4n) is 5.58. The number of halogens is 2. The summed E-state index contributed by atoms with van der Waals surface area (Å²) in [7, 11) is 3.24. The number of fused-ring (bicyclic) bond motifs is 4. The number of β-amino-alcohol motifs (C(OH)–C–C–N with tert-alkyl or cyclic N) is 1. The number of pyridine rings is 3. The number of carbonyl (C=O) groups is 1. The number of rotatable bonds is 4. The van der Waals surface area contributed by atoms with E-state index in [0.29, 0.717) is 64.4 Å². The molecule has 1 saturated heterocycles. The van der Waals surface area contributed by atoms with Crippen LogP contribution in [0.25, 0.3) is 33.3 Å². The van der Waals surface area contributed by atoms with E-state index < -0.39 is 29.1 Å². The number of nitrogens with zero attached hydrogens (tertiary/aromatic N) is 4. The van der Waals surface area contributed by atoms with Crippen molar-refractivity contribution in [2.75, 3.05) is 30.4 Å². The highest BCUT2D eigenvalue weighted by Crippen LogP contribution is 2.50. The maximum absolute atomic E-state index is 15.4. The molecule has 0 radical (unpaired) electrons. The molecule has 1 aliphatic carbocycles. The van der Waals surface area contributed by atoms with Crippen molar-refractivity contribution in [3.8, 4) is 22.3 Å². The molecular formula is C27H23F2N5O4. The van der Waals surface area contributed by atoms with Gasteiger partial charge in [-0.1, -0.05) is 0 Å². The van der Waals surface area contributed by atoms with Crippen molar-refractivity contribution < 1.29 is 23.8 Å². The lowest BCUT2D eigenvalue weighted by Gasteiger charge is -2.25. The highest BCUT2D eigenvalue weighted by Gasteiger charge is 2.35. The topological polar surface area (TPSA) is 121 Å². The van der Waals surface area contributed by atoms with Crippen LogP contribution >= 0.6 is 0 Å². The summed E-state index contributed by atoms with van der Waals surface area (Å²) >= 11 is 0. The highest BCUT2D eigenvalue weighted by molar-refractivity contribution is 5.98. The highest BCUT2D eigenvalue weighted by atomic mass is 19.2. The maximum Gasteiger partial charge on any atom is 0.341 e. The van der Waals surface area contributed by atoms with Crippen molar-refractivity contribution >= 4 is 28.4 Å². The van der Waals surface area contributed by atoms with Crippen LogP contribution in [0.4, 0.5) is 20.2 Å². The third-order valence-electron chi connectivity index (χ3n) is 7.35. The fraction of sp³-hybridized carbons (Fsp3) is 0.259. The summed E-state index contributed by atoms with van der Waals surface area (Å²) < 4.78 is 31.5. The second kappa shape index (κ2) is 8.59. The maximum atomic E-state index is 15.4. The predicted molar refractivity (Wildman–Crippen MR) is 138 cm³/mol. The molecule has 194 valence electrons. The summed E-state index contributed by atoms with van der Waals surface area (Å²) in [6, 6.07) is 2.68. The molecule has 1 aromatic carbocycles. The zero-order valence-electron chi connectivity index (χ0n) is 20.5. The van der Waals surface area contributed by atoms with Gasteiger partial charge in [0, 0.05) is 86.2 Å². The third kappa shape index (κ3) is 3.46. The molecule has 0 saturated carbocycles. The summed E-state index contributed by atoms with van der Waals surface area (Å²) in [5.41, 5.74) is 2.94. The minimum Gasteiger partial charge on any atom is -0.477 e. The van der Waals surface area contributed by atoms with Crippen LogP contribution < -0.4 is 15.6 Å². The Bertz CT molecular complexity index is 1740. The number of aromatic nitrogens is 3. The van der Waals surface area contributed by atoms with Gasteiger partial charge in [0.15, 0.2) is 11.6 Å². The first-order chi connectivity index (χ1) is 18.2. The number of aliphatic hydroxyl groups is 1. The van der Waals surface area contributed by atoms with Crippen LogP contribution in [0, 0.1) is 11.6 Å². The number of aromatic carboxylic acids is 1. The lowest BCUT2D eigenvalue weighted by atomic mass is 9.97. The third-order valence-corrected chi connectivity index (χ3v) is 7.35. The zero-order valence-corrected chi connectivity index (χ0v) is 20.5. The van der Waals surface area contributed by atoms with Crippen LogP contribution in [0.5, 0.6) is 0 Å². The summed E-state index contributed by atoms with van der Waals surface area (Å²) in [4.78, 5) is 35.6. The van der Waals surface area contributed by atoms with E-state index in [9.17, 15) is 24.2 Å². The SMILES string of the molecule is CNc1cc(F)c(F)c2c1Cc1ncc(-c3cnc4c(c3)c(=O)c(C(=O)O)cn4C)c(N3CC[C@H](O)C3)c1-2. The van der Waals surface area contributed by atoms with Crippen LogP contribution in [0.1, 0.15) is 28.0 Å². The molecular weight excluding hydrogens is 496 g/mol. The quantitative estimate of drug-likeness (QED) is 0.331. The van der Waals surface area contributed by atoms with Gasteiger partial charge in [0.1, 0.15) is 11.2 Å². The molecule has 3 N–H and O–H groups in total. The summed E-state index contributed by atoms with van der Waals surface area (Å²) in [5, 5.41) is 22.9. The average Bonchev–Trinajstić information content (AvgIpc) is 3.51. The smallest absolute Gasteiger partial charge is 0.341 e. The van der Waals surface area contributed by atoms with Gasteiger partial charge in [-0.2, -0.15) is 0 Å². The first kappa shape index (κ1) is 24.0. The molecule has 3 aromatic heterocycles. The van der Waals surface area contributed by atoms with E-state index in [2.05, 4.69) is 15.3 Å². The Hall–Kier alpha value is -4.38. The van der Waals surface area contributed by atoms with Crippen LogP contribution in [-0.2, 0) is 13.5 Å². The van der Waals surface area contributed by atoms with Crippen molar-refractivity contribution in [3.63, 3.8) is 0 Å². The van der Waals surface area contributed by atoms with Crippen molar-refractivity contribution in [1.29, 1.82) is 0 Å². The van der Waals surface area contributed by atoms with Gasteiger partial charge in [-0.15, -0.1) is 0 Å². The normalized spacial score (nSPS) is 16.1. The van der Waals surface area contributed by atoms with Gasteiger partial charge in [-0.25, -0.2) is 18.6 Å². The second-order valence-corrected chi connectivity index (χ2v) is 9.61. The minimum absolute atomic E-state index is 0.105. The molecule has 2 aliphatic rings. The van der Waals surface area contributed by atoms with Gasteiger partial charge in [0.25, 0.3) is 0 Å². The van der Waals surface area contributed by atoms with Gasteiger partial charge in [-0.3, -0.25) is 9.78 Å². The fourth-order valence-corrected chi connectivity index (χ4v) is 5.58. The number of hydrogen-bond acceptors (Lipinski definition) is 7. The molecule has 11 heteroatoms. The number of aryl methyl sites for hydroxylation is 1. The van der Waals surface area contributed by atoms with Gasteiger partial charge >= 0.3 is 5.97 Å². The van der Waals surface area contributed by atoms with E-state index in [4.69, 9.17) is 0 Å². The number of carboxylic acids is 1. The van der Waals surface area contributed by atoms with Crippen LogP contribution in [0.15, 0.2) is 35.5 Å². The van der Waals surface area contributed by atoms with Crippen molar-refractivity contribution in [1.82, 2.24) is 14.5 Å². The van der Waals surface area contributed by atoms with Crippen LogP contribution in [0.3, 0.4) is 0 Å². The predicted octanol–water partition coefficient (Wildman–Crippen LogP) is 3.16. The van der Waals surface area contributed by atoms with Crippen molar-refractivity contribution in [2.24, 2.45) is 7.05 Å². The van der Waals surface area contributed by atoms with E-state index in [1.54, 1.807) is 32.6 Å². The van der Waals surface area contributed by atoms with Crippen LogP contribution in [0.2, 0.25) is 0 Å². The van der Waals surface area contributed by atoms with Crippen molar-refractivity contribution in [3.05, 3.63) is 69.4 Å². The molecule has 1 fully saturated rings. The second-order valence-electron chi connectivity index (χ2n) is 9.61. The molecule has 0 amide bonds. The van der Waals surface area contributed by atoms with Gasteiger partial charge in [0.2, 0.25) is 5.43 Å². The zero-order chi connectivity index (χ0) is 26.9. The lowest BCUT2D eigenvalue weighted by molar-refractivity contribution is 0.0695. The molecule has 4 heterocycles. The Balaban J connectivity index is 1.66. The molecule has 6 rings (SSSR count). The Morgan fingerprint density at radius 2 is 1.97 bits per heavy atom. The minimum atomic E-state index is -1.35. The molecule has 1 atom stereocenters. The number of nitrogens with one attached hydrogen (secondary N) is 1.